The van der Waals surface area contributed by atoms with Crippen molar-refractivity contribution in [3.8, 4) is 0 Å². The van der Waals surface area contributed by atoms with Gasteiger partial charge >= 0.3 is 11.9 Å². The largest absolute Gasteiger partial charge is 0.454 e. The molecule has 2 aliphatic heterocycles. The first kappa shape index (κ1) is 13.8. The second-order valence-electron chi connectivity index (χ2n) is 4.50. The highest BCUT2D eigenvalue weighted by Crippen LogP contribution is 2.30. The first-order valence-corrected chi connectivity index (χ1v) is 5.95. The maximum absolute atomic E-state index is 11.5. The maximum Gasteiger partial charge on any atom is 0.333 e. The predicted molar refractivity (Wildman–Crippen MR) is 64.3 cm³/mol. The van der Waals surface area contributed by atoms with E-state index in [-0.39, 0.29) is 13.2 Å². The van der Waals surface area contributed by atoms with Crippen molar-refractivity contribution in [2.45, 2.75) is 31.3 Å². The van der Waals surface area contributed by atoms with E-state index in [0.717, 1.165) is 6.08 Å². The highest BCUT2D eigenvalue weighted by molar-refractivity contribution is 5.87. The molecule has 0 aliphatic carbocycles. The van der Waals surface area contributed by atoms with Gasteiger partial charge in [-0.15, -0.1) is 0 Å². The van der Waals surface area contributed by atoms with Gasteiger partial charge in [-0.2, -0.15) is 0 Å². The third-order valence-electron chi connectivity index (χ3n) is 3.00. The summed E-state index contributed by atoms with van der Waals surface area (Å²) in [5.74, 6) is -1.01. The Kier molecular flexibility index (Phi) is 4.01. The Hall–Kier alpha value is -1.66. The number of rotatable bonds is 4. The van der Waals surface area contributed by atoms with Crippen LogP contribution in [0.25, 0.3) is 0 Å². The molecular weight excluding hydrogens is 252 g/mol. The van der Waals surface area contributed by atoms with Gasteiger partial charge < -0.3 is 18.9 Å². The van der Waals surface area contributed by atoms with Gasteiger partial charge in [0.15, 0.2) is 12.2 Å². The molecule has 0 amide bonds. The van der Waals surface area contributed by atoms with E-state index in [1.165, 1.54) is 0 Å². The van der Waals surface area contributed by atoms with Crippen molar-refractivity contribution in [3.05, 3.63) is 24.8 Å². The fourth-order valence-electron chi connectivity index (χ4n) is 2.07. The second kappa shape index (κ2) is 5.54. The summed E-state index contributed by atoms with van der Waals surface area (Å²) in [5.41, 5.74) is 0.316. The van der Waals surface area contributed by atoms with Crippen LogP contribution < -0.4 is 0 Å². The van der Waals surface area contributed by atoms with Crippen LogP contribution in [-0.2, 0) is 28.5 Å². The smallest absolute Gasteiger partial charge is 0.333 e. The SMILES string of the molecule is C=CC(=O)OC1COC2C(OC(=O)C(=C)C)COC12. The zero-order valence-electron chi connectivity index (χ0n) is 10.7. The average molecular weight is 268 g/mol. The van der Waals surface area contributed by atoms with Crippen LogP contribution in [0.4, 0.5) is 0 Å². The lowest BCUT2D eigenvalue weighted by atomic mass is 10.1. The van der Waals surface area contributed by atoms with E-state index >= 15 is 0 Å². The van der Waals surface area contributed by atoms with Crippen molar-refractivity contribution in [1.82, 2.24) is 0 Å². The Bertz CT molecular complexity index is 415. The highest BCUT2D eigenvalue weighted by Gasteiger charge is 2.51. The number of fused-ring (bicyclic) bond motifs is 1. The lowest BCUT2D eigenvalue weighted by Crippen LogP contribution is -2.35. The Labute approximate surface area is 111 Å². The zero-order valence-corrected chi connectivity index (χ0v) is 10.7. The number of ether oxygens (including phenoxy) is 4. The lowest BCUT2D eigenvalue weighted by Gasteiger charge is -2.16. The molecule has 6 heteroatoms. The third kappa shape index (κ3) is 2.85. The number of carbonyl (C=O) groups excluding carboxylic acids is 2. The van der Waals surface area contributed by atoms with Gasteiger partial charge in [0, 0.05) is 11.6 Å². The monoisotopic (exact) mass is 268 g/mol. The predicted octanol–water partition coefficient (Wildman–Crippen LogP) is 0.370. The summed E-state index contributed by atoms with van der Waals surface area (Å²) in [7, 11) is 0. The van der Waals surface area contributed by atoms with E-state index < -0.39 is 36.4 Å². The van der Waals surface area contributed by atoms with E-state index in [0.29, 0.717) is 5.57 Å². The minimum atomic E-state index is -0.528. The van der Waals surface area contributed by atoms with Crippen LogP contribution >= 0.6 is 0 Å². The molecule has 0 aromatic heterocycles. The minimum Gasteiger partial charge on any atom is -0.454 e. The Morgan fingerprint density at radius 3 is 2.16 bits per heavy atom. The molecule has 2 fully saturated rings. The minimum absolute atomic E-state index is 0.218. The first-order chi connectivity index (χ1) is 9.02. The number of hydrogen-bond donors (Lipinski definition) is 0. The van der Waals surface area contributed by atoms with E-state index in [1.807, 2.05) is 0 Å². The first-order valence-electron chi connectivity index (χ1n) is 5.95. The molecule has 0 bridgehead atoms. The molecule has 0 saturated carbocycles. The normalized spacial score (nSPS) is 32.5. The maximum atomic E-state index is 11.5. The number of hydrogen-bond acceptors (Lipinski definition) is 6. The standard InChI is InChI=1S/C13H16O6/c1-4-10(14)18-8-5-16-12-9(6-17-11(8)12)19-13(15)7(2)3/h4,8-9,11-12H,1-2,5-6H2,3H3. The molecule has 2 saturated heterocycles. The van der Waals surface area contributed by atoms with Gasteiger partial charge in [-0.25, -0.2) is 9.59 Å². The molecule has 2 rings (SSSR count). The molecule has 0 radical (unpaired) electrons. The van der Waals surface area contributed by atoms with Gasteiger partial charge in [0.05, 0.1) is 13.2 Å². The van der Waals surface area contributed by atoms with Crippen LogP contribution in [0.2, 0.25) is 0 Å². The lowest BCUT2D eigenvalue weighted by molar-refractivity contribution is -0.149. The number of carbonyl (C=O) groups is 2. The zero-order chi connectivity index (χ0) is 14.0. The van der Waals surface area contributed by atoms with Crippen LogP contribution in [0.3, 0.4) is 0 Å². The van der Waals surface area contributed by atoms with Crippen LogP contribution in [-0.4, -0.2) is 49.6 Å². The molecule has 0 N–H and O–H groups in total. The summed E-state index contributed by atoms with van der Waals surface area (Å²) in [6, 6.07) is 0. The van der Waals surface area contributed by atoms with Crippen molar-refractivity contribution in [2.75, 3.05) is 13.2 Å². The van der Waals surface area contributed by atoms with Crippen molar-refractivity contribution in [2.24, 2.45) is 0 Å². The molecule has 2 heterocycles. The molecule has 0 aromatic carbocycles. The quantitative estimate of drug-likeness (QED) is 0.542. The third-order valence-corrected chi connectivity index (χ3v) is 3.00. The Balaban J connectivity index is 1.94. The fourth-order valence-corrected chi connectivity index (χ4v) is 2.07. The summed E-state index contributed by atoms with van der Waals surface area (Å²) < 4.78 is 21.3. The molecule has 0 spiro atoms. The average Bonchev–Trinajstić information content (AvgIpc) is 2.93. The molecule has 6 nitrogen and oxygen atoms in total. The molecule has 0 aromatic rings. The van der Waals surface area contributed by atoms with E-state index in [9.17, 15) is 9.59 Å². The van der Waals surface area contributed by atoms with Crippen molar-refractivity contribution in [3.63, 3.8) is 0 Å². The van der Waals surface area contributed by atoms with E-state index in [2.05, 4.69) is 13.2 Å². The van der Waals surface area contributed by atoms with Crippen LogP contribution in [0.15, 0.2) is 24.8 Å². The van der Waals surface area contributed by atoms with Crippen molar-refractivity contribution < 1.29 is 28.5 Å². The van der Waals surface area contributed by atoms with Gasteiger partial charge in [-0.05, 0) is 6.92 Å². The molecule has 4 unspecified atom stereocenters. The topological polar surface area (TPSA) is 71.1 Å². The van der Waals surface area contributed by atoms with Gasteiger partial charge in [-0.3, -0.25) is 0 Å². The summed E-state index contributed by atoms with van der Waals surface area (Å²) >= 11 is 0. The van der Waals surface area contributed by atoms with E-state index in [4.69, 9.17) is 18.9 Å². The molecule has 4 atom stereocenters. The van der Waals surface area contributed by atoms with Gasteiger partial charge in [0.2, 0.25) is 0 Å². The molecular formula is C13H16O6. The van der Waals surface area contributed by atoms with Crippen LogP contribution in [0.5, 0.6) is 0 Å². The highest BCUT2D eigenvalue weighted by atomic mass is 16.7. The van der Waals surface area contributed by atoms with Crippen LogP contribution in [0.1, 0.15) is 6.92 Å². The number of esters is 2. The van der Waals surface area contributed by atoms with E-state index in [1.54, 1.807) is 6.92 Å². The Morgan fingerprint density at radius 2 is 1.68 bits per heavy atom. The van der Waals surface area contributed by atoms with Crippen molar-refractivity contribution >= 4 is 11.9 Å². The van der Waals surface area contributed by atoms with Gasteiger partial charge in [-0.1, -0.05) is 13.2 Å². The fraction of sp³-hybridized carbons (Fsp3) is 0.538. The van der Waals surface area contributed by atoms with Crippen LogP contribution in [0, 0.1) is 0 Å². The second-order valence-corrected chi connectivity index (χ2v) is 4.50. The summed E-state index contributed by atoms with van der Waals surface area (Å²) in [5, 5.41) is 0. The molecule has 19 heavy (non-hydrogen) atoms. The van der Waals surface area contributed by atoms with Crippen molar-refractivity contribution in [1.29, 1.82) is 0 Å². The van der Waals surface area contributed by atoms with Gasteiger partial charge in [0.25, 0.3) is 0 Å². The molecule has 104 valence electrons. The summed E-state index contributed by atoms with van der Waals surface area (Å²) in [6.07, 6.45) is -0.732. The summed E-state index contributed by atoms with van der Waals surface area (Å²) in [6.45, 7) is 8.84. The molecule has 2 aliphatic rings. The Morgan fingerprint density at radius 1 is 1.16 bits per heavy atom. The van der Waals surface area contributed by atoms with Gasteiger partial charge in [0.1, 0.15) is 12.2 Å². The summed E-state index contributed by atoms with van der Waals surface area (Å²) in [4.78, 5) is 22.6.